The first-order valence-corrected chi connectivity index (χ1v) is 7.93. The van der Waals surface area contributed by atoms with Crippen LogP contribution in [-0.4, -0.2) is 31.5 Å². The van der Waals surface area contributed by atoms with Crippen molar-refractivity contribution in [1.29, 1.82) is 0 Å². The van der Waals surface area contributed by atoms with E-state index in [4.69, 9.17) is 15.2 Å². The number of hydrogen-bond acceptors (Lipinski definition) is 5. The second kappa shape index (κ2) is 11.7. The van der Waals surface area contributed by atoms with Gasteiger partial charge in [0.1, 0.15) is 5.75 Å². The number of ether oxygens (including phenoxy) is 2. The highest BCUT2D eigenvalue weighted by atomic mass is 35.5. The zero-order valence-corrected chi connectivity index (χ0v) is 14.2. The van der Waals surface area contributed by atoms with Crippen LogP contribution in [0.15, 0.2) is 24.3 Å². The standard InChI is InChI=1S/C15H23NO3S.ClH/c1-3-19-15(17)9-6-13(16)11-20-10-12-4-7-14(18-2)8-5-12;/h4-5,7-8,13H,3,6,9-11,16H2,1-2H3;1H. The summed E-state index contributed by atoms with van der Waals surface area (Å²) in [5.74, 6) is 2.45. The molecular formula is C15H24ClNO3S. The van der Waals surface area contributed by atoms with Crippen molar-refractivity contribution in [3.8, 4) is 5.75 Å². The Morgan fingerprint density at radius 3 is 2.57 bits per heavy atom. The third-order valence-electron chi connectivity index (χ3n) is 2.78. The maximum absolute atomic E-state index is 11.2. The molecule has 1 rings (SSSR count). The van der Waals surface area contributed by atoms with Crippen LogP contribution in [0.2, 0.25) is 0 Å². The molecule has 120 valence electrons. The molecule has 1 aromatic carbocycles. The van der Waals surface area contributed by atoms with Gasteiger partial charge in [0.05, 0.1) is 13.7 Å². The van der Waals surface area contributed by atoms with E-state index in [-0.39, 0.29) is 24.4 Å². The number of nitrogens with two attached hydrogens (primary N) is 1. The number of carbonyl (C=O) groups excluding carboxylic acids is 1. The summed E-state index contributed by atoms with van der Waals surface area (Å²) in [6.45, 7) is 2.24. The highest BCUT2D eigenvalue weighted by Crippen LogP contribution is 2.17. The number of esters is 1. The van der Waals surface area contributed by atoms with Gasteiger partial charge >= 0.3 is 5.97 Å². The van der Waals surface area contributed by atoms with Crippen molar-refractivity contribution in [1.82, 2.24) is 0 Å². The lowest BCUT2D eigenvalue weighted by Crippen LogP contribution is -2.24. The average Bonchev–Trinajstić information content (AvgIpc) is 2.46. The van der Waals surface area contributed by atoms with Gasteiger partial charge in [-0.3, -0.25) is 4.79 Å². The third-order valence-corrected chi connectivity index (χ3v) is 3.99. The number of rotatable bonds is 9. The molecule has 0 heterocycles. The smallest absolute Gasteiger partial charge is 0.305 e. The number of halogens is 1. The first-order valence-electron chi connectivity index (χ1n) is 6.77. The molecule has 0 radical (unpaired) electrons. The zero-order valence-electron chi connectivity index (χ0n) is 12.5. The van der Waals surface area contributed by atoms with Crippen LogP contribution in [0.3, 0.4) is 0 Å². The number of benzene rings is 1. The molecule has 0 aromatic heterocycles. The Morgan fingerprint density at radius 2 is 2.00 bits per heavy atom. The Kier molecular flexibility index (Phi) is 11.2. The van der Waals surface area contributed by atoms with Crippen LogP contribution in [0.5, 0.6) is 5.75 Å². The molecule has 1 aromatic rings. The largest absolute Gasteiger partial charge is 0.497 e. The van der Waals surface area contributed by atoms with E-state index in [0.717, 1.165) is 17.3 Å². The highest BCUT2D eigenvalue weighted by Gasteiger charge is 2.08. The molecule has 21 heavy (non-hydrogen) atoms. The number of thioether (sulfide) groups is 1. The van der Waals surface area contributed by atoms with Crippen LogP contribution in [0.1, 0.15) is 25.3 Å². The van der Waals surface area contributed by atoms with Crippen molar-refractivity contribution in [2.75, 3.05) is 19.5 Å². The Bertz CT molecular complexity index is 400. The van der Waals surface area contributed by atoms with E-state index in [1.807, 2.05) is 19.1 Å². The van der Waals surface area contributed by atoms with Crippen molar-refractivity contribution >= 4 is 30.1 Å². The quantitative estimate of drug-likeness (QED) is 0.704. The molecule has 1 unspecified atom stereocenters. The lowest BCUT2D eigenvalue weighted by molar-refractivity contribution is -0.143. The van der Waals surface area contributed by atoms with Gasteiger partial charge in [0.15, 0.2) is 0 Å². The van der Waals surface area contributed by atoms with Crippen LogP contribution in [0.25, 0.3) is 0 Å². The van der Waals surface area contributed by atoms with Crippen molar-refractivity contribution in [2.45, 2.75) is 31.6 Å². The topological polar surface area (TPSA) is 61.5 Å². The number of methoxy groups -OCH3 is 1. The van der Waals surface area contributed by atoms with E-state index in [9.17, 15) is 4.79 Å². The lowest BCUT2D eigenvalue weighted by atomic mass is 10.2. The van der Waals surface area contributed by atoms with Gasteiger partial charge < -0.3 is 15.2 Å². The van der Waals surface area contributed by atoms with Crippen LogP contribution in [-0.2, 0) is 15.3 Å². The molecule has 0 aliphatic carbocycles. The number of hydrogen-bond donors (Lipinski definition) is 1. The maximum Gasteiger partial charge on any atom is 0.305 e. The minimum Gasteiger partial charge on any atom is -0.497 e. The van der Waals surface area contributed by atoms with E-state index >= 15 is 0 Å². The Balaban J connectivity index is 0.00000400. The van der Waals surface area contributed by atoms with Crippen molar-refractivity contribution in [3.05, 3.63) is 29.8 Å². The van der Waals surface area contributed by atoms with Gasteiger partial charge in [0.2, 0.25) is 0 Å². The van der Waals surface area contributed by atoms with Gasteiger partial charge in [-0.25, -0.2) is 0 Å². The van der Waals surface area contributed by atoms with Crippen LogP contribution < -0.4 is 10.5 Å². The van der Waals surface area contributed by atoms with E-state index in [1.54, 1.807) is 18.9 Å². The van der Waals surface area contributed by atoms with Crippen molar-refractivity contribution < 1.29 is 14.3 Å². The van der Waals surface area contributed by atoms with E-state index in [0.29, 0.717) is 19.4 Å². The van der Waals surface area contributed by atoms with Gasteiger partial charge in [-0.05, 0) is 31.0 Å². The zero-order chi connectivity index (χ0) is 14.8. The molecule has 0 spiro atoms. The summed E-state index contributed by atoms with van der Waals surface area (Å²) in [6.07, 6.45) is 1.08. The fourth-order valence-corrected chi connectivity index (χ4v) is 2.69. The molecule has 1 atom stereocenters. The van der Waals surface area contributed by atoms with Crippen molar-refractivity contribution in [3.63, 3.8) is 0 Å². The molecule has 6 heteroatoms. The highest BCUT2D eigenvalue weighted by molar-refractivity contribution is 7.98. The van der Waals surface area contributed by atoms with Gasteiger partial charge in [-0.15, -0.1) is 12.4 Å². The molecule has 0 amide bonds. The summed E-state index contributed by atoms with van der Waals surface area (Å²) in [7, 11) is 1.66. The van der Waals surface area contributed by atoms with E-state index < -0.39 is 0 Å². The summed E-state index contributed by atoms with van der Waals surface area (Å²) in [4.78, 5) is 11.2. The molecule has 0 saturated heterocycles. The molecule has 0 aliphatic rings. The predicted octanol–water partition coefficient (Wildman–Crippen LogP) is 3.02. The fourth-order valence-electron chi connectivity index (χ4n) is 1.67. The molecule has 0 aliphatic heterocycles. The second-order valence-electron chi connectivity index (χ2n) is 4.47. The molecule has 0 fully saturated rings. The predicted molar refractivity (Wildman–Crippen MR) is 90.2 cm³/mol. The fraction of sp³-hybridized carbons (Fsp3) is 0.533. The minimum absolute atomic E-state index is 0. The third kappa shape index (κ3) is 8.86. The Morgan fingerprint density at radius 1 is 1.33 bits per heavy atom. The normalized spacial score (nSPS) is 11.4. The molecular weight excluding hydrogens is 310 g/mol. The molecule has 4 nitrogen and oxygen atoms in total. The van der Waals surface area contributed by atoms with Crippen molar-refractivity contribution in [2.24, 2.45) is 5.73 Å². The van der Waals surface area contributed by atoms with Crippen LogP contribution in [0.4, 0.5) is 0 Å². The Hall–Kier alpha value is -0.910. The monoisotopic (exact) mass is 333 g/mol. The molecule has 0 saturated carbocycles. The summed E-state index contributed by atoms with van der Waals surface area (Å²) in [6, 6.07) is 8.04. The molecule has 2 N–H and O–H groups in total. The van der Waals surface area contributed by atoms with Crippen LogP contribution in [0, 0.1) is 0 Å². The second-order valence-corrected chi connectivity index (χ2v) is 5.50. The van der Waals surface area contributed by atoms with E-state index in [2.05, 4.69) is 12.1 Å². The first-order chi connectivity index (χ1) is 9.65. The van der Waals surface area contributed by atoms with Gasteiger partial charge in [-0.2, -0.15) is 11.8 Å². The van der Waals surface area contributed by atoms with Crippen LogP contribution >= 0.6 is 24.2 Å². The maximum atomic E-state index is 11.2. The summed E-state index contributed by atoms with van der Waals surface area (Å²) in [5, 5.41) is 0. The number of carbonyl (C=O) groups is 1. The van der Waals surface area contributed by atoms with Gasteiger partial charge in [0, 0.05) is 24.0 Å². The first kappa shape index (κ1) is 20.1. The van der Waals surface area contributed by atoms with E-state index in [1.165, 1.54) is 5.56 Å². The Labute approximate surface area is 137 Å². The van der Waals surface area contributed by atoms with Gasteiger partial charge in [0.25, 0.3) is 0 Å². The molecule has 0 bridgehead atoms. The summed E-state index contributed by atoms with van der Waals surface area (Å²) < 4.78 is 9.99. The summed E-state index contributed by atoms with van der Waals surface area (Å²) >= 11 is 1.77. The minimum atomic E-state index is -0.164. The SMILES string of the molecule is CCOC(=O)CCC(N)CSCc1ccc(OC)cc1.Cl. The van der Waals surface area contributed by atoms with Gasteiger partial charge in [-0.1, -0.05) is 12.1 Å². The lowest BCUT2D eigenvalue weighted by Gasteiger charge is -2.11. The average molecular weight is 334 g/mol. The summed E-state index contributed by atoms with van der Waals surface area (Å²) in [5.41, 5.74) is 7.22.